The summed E-state index contributed by atoms with van der Waals surface area (Å²) in [5.41, 5.74) is -0.104. The second kappa shape index (κ2) is 4.00. The van der Waals surface area contributed by atoms with Gasteiger partial charge >= 0.3 is 0 Å². The Morgan fingerprint density at radius 1 is 1.19 bits per heavy atom. The molecule has 4 nitrogen and oxygen atoms in total. The lowest BCUT2D eigenvalue weighted by Gasteiger charge is -2.18. The van der Waals surface area contributed by atoms with Crippen LogP contribution in [-0.2, 0) is 4.79 Å². The summed E-state index contributed by atoms with van der Waals surface area (Å²) in [6, 6.07) is 0. The summed E-state index contributed by atoms with van der Waals surface area (Å²) in [5, 5.41) is 3.35. The smallest absolute Gasteiger partial charge is 0.243 e. The van der Waals surface area contributed by atoms with E-state index in [1.165, 1.54) is 25.9 Å². The minimum absolute atomic E-state index is 0.104. The van der Waals surface area contributed by atoms with Crippen LogP contribution in [-0.4, -0.2) is 54.1 Å². The van der Waals surface area contributed by atoms with Gasteiger partial charge in [-0.3, -0.25) is 10.1 Å². The fourth-order valence-corrected chi connectivity index (χ4v) is 2.88. The van der Waals surface area contributed by atoms with Gasteiger partial charge in [-0.05, 0) is 51.7 Å². The van der Waals surface area contributed by atoms with Crippen molar-refractivity contribution in [2.75, 3.05) is 32.8 Å². The van der Waals surface area contributed by atoms with Gasteiger partial charge in [0.05, 0.1) is 12.2 Å². The van der Waals surface area contributed by atoms with Crippen LogP contribution in [0.2, 0.25) is 0 Å². The Morgan fingerprint density at radius 3 is 2.56 bits per heavy atom. The number of carbonyl (C=O) groups excluding carboxylic acids is 1. The van der Waals surface area contributed by atoms with E-state index >= 15 is 0 Å². The second-order valence-electron chi connectivity index (χ2n) is 5.39. The summed E-state index contributed by atoms with van der Waals surface area (Å²) < 4.78 is 0. The SMILES string of the molecule is O=C1N(CCCN2CCCC2)CNC12CC2. The van der Waals surface area contributed by atoms with Gasteiger partial charge in [0.2, 0.25) is 5.91 Å². The number of carbonyl (C=O) groups is 1. The maximum absolute atomic E-state index is 12.0. The number of amides is 1. The summed E-state index contributed by atoms with van der Waals surface area (Å²) in [4.78, 5) is 16.5. The Labute approximate surface area is 97.0 Å². The van der Waals surface area contributed by atoms with Gasteiger partial charge in [-0.15, -0.1) is 0 Å². The van der Waals surface area contributed by atoms with Crippen molar-refractivity contribution < 1.29 is 4.79 Å². The molecular weight excluding hydrogens is 202 g/mol. The standard InChI is InChI=1S/C12H21N3O/c16-11-12(4-5-12)13-10-15(11)9-3-8-14-6-1-2-7-14/h13H,1-10H2. The number of rotatable bonds is 4. The quantitative estimate of drug-likeness (QED) is 0.749. The molecule has 2 aliphatic heterocycles. The van der Waals surface area contributed by atoms with E-state index in [2.05, 4.69) is 10.2 Å². The third-order valence-electron chi connectivity index (χ3n) is 4.16. The Kier molecular flexibility index (Phi) is 2.64. The zero-order valence-corrected chi connectivity index (χ0v) is 9.87. The van der Waals surface area contributed by atoms with Crippen LogP contribution in [0.3, 0.4) is 0 Å². The summed E-state index contributed by atoms with van der Waals surface area (Å²) in [6.07, 6.45) is 5.94. The molecule has 1 saturated carbocycles. The highest BCUT2D eigenvalue weighted by Crippen LogP contribution is 2.39. The van der Waals surface area contributed by atoms with E-state index < -0.39 is 0 Å². The summed E-state index contributed by atoms with van der Waals surface area (Å²) >= 11 is 0. The highest BCUT2D eigenvalue weighted by atomic mass is 16.2. The van der Waals surface area contributed by atoms with E-state index in [1.807, 2.05) is 4.90 Å². The molecule has 0 atom stereocenters. The number of hydrogen-bond donors (Lipinski definition) is 1. The molecule has 1 aliphatic carbocycles. The Morgan fingerprint density at radius 2 is 1.94 bits per heavy atom. The van der Waals surface area contributed by atoms with Crippen LogP contribution in [0, 0.1) is 0 Å². The summed E-state index contributed by atoms with van der Waals surface area (Å²) in [6.45, 7) is 5.39. The van der Waals surface area contributed by atoms with Crippen molar-refractivity contribution in [2.24, 2.45) is 0 Å². The summed E-state index contributed by atoms with van der Waals surface area (Å²) in [7, 11) is 0. The fourth-order valence-electron chi connectivity index (χ4n) is 2.88. The number of nitrogens with zero attached hydrogens (tertiary/aromatic N) is 2. The molecule has 3 rings (SSSR count). The maximum Gasteiger partial charge on any atom is 0.243 e. The predicted molar refractivity (Wildman–Crippen MR) is 62.0 cm³/mol. The van der Waals surface area contributed by atoms with Gasteiger partial charge in [0.15, 0.2) is 0 Å². The van der Waals surface area contributed by atoms with Crippen molar-refractivity contribution in [3.63, 3.8) is 0 Å². The molecule has 0 unspecified atom stereocenters. The van der Waals surface area contributed by atoms with E-state index in [9.17, 15) is 4.79 Å². The molecule has 0 bridgehead atoms. The summed E-state index contributed by atoms with van der Waals surface area (Å²) in [5.74, 6) is 0.355. The van der Waals surface area contributed by atoms with Crippen molar-refractivity contribution in [2.45, 2.75) is 37.6 Å². The van der Waals surface area contributed by atoms with E-state index in [0.29, 0.717) is 5.91 Å². The van der Waals surface area contributed by atoms with Crippen LogP contribution < -0.4 is 5.32 Å². The Balaban J connectivity index is 1.40. The molecule has 1 spiro atoms. The van der Waals surface area contributed by atoms with Gasteiger partial charge in [-0.25, -0.2) is 0 Å². The van der Waals surface area contributed by atoms with Gasteiger partial charge in [-0.1, -0.05) is 0 Å². The molecule has 0 aromatic carbocycles. The molecule has 3 fully saturated rings. The zero-order valence-electron chi connectivity index (χ0n) is 9.87. The van der Waals surface area contributed by atoms with Crippen molar-refractivity contribution >= 4 is 5.91 Å². The van der Waals surface area contributed by atoms with E-state index in [1.54, 1.807) is 0 Å². The van der Waals surface area contributed by atoms with Crippen LogP contribution in [0.15, 0.2) is 0 Å². The minimum atomic E-state index is -0.104. The monoisotopic (exact) mass is 223 g/mol. The molecule has 4 heteroatoms. The number of hydrogen-bond acceptors (Lipinski definition) is 3. The van der Waals surface area contributed by atoms with Crippen molar-refractivity contribution in [1.82, 2.24) is 15.1 Å². The van der Waals surface area contributed by atoms with Crippen molar-refractivity contribution in [3.05, 3.63) is 0 Å². The van der Waals surface area contributed by atoms with Gasteiger partial charge in [0.1, 0.15) is 0 Å². The molecule has 3 aliphatic rings. The lowest BCUT2D eigenvalue weighted by molar-refractivity contribution is -0.129. The molecule has 0 aromatic rings. The van der Waals surface area contributed by atoms with Gasteiger partial charge in [0, 0.05) is 6.54 Å². The first-order valence-corrected chi connectivity index (χ1v) is 6.57. The second-order valence-corrected chi connectivity index (χ2v) is 5.39. The van der Waals surface area contributed by atoms with Gasteiger partial charge < -0.3 is 9.80 Å². The first-order valence-electron chi connectivity index (χ1n) is 6.57. The molecule has 90 valence electrons. The largest absolute Gasteiger partial charge is 0.328 e. The molecule has 1 N–H and O–H groups in total. The van der Waals surface area contributed by atoms with Crippen LogP contribution in [0.25, 0.3) is 0 Å². The third kappa shape index (κ3) is 1.84. The normalized spacial score (nSPS) is 28.2. The number of likely N-dealkylation sites (tertiary alicyclic amines) is 1. The highest BCUT2D eigenvalue weighted by molar-refractivity contribution is 5.91. The van der Waals surface area contributed by atoms with Crippen LogP contribution in [0.1, 0.15) is 32.1 Å². The number of nitrogens with one attached hydrogen (secondary N) is 1. The van der Waals surface area contributed by atoms with E-state index in [-0.39, 0.29) is 5.54 Å². The lowest BCUT2D eigenvalue weighted by atomic mass is 10.2. The fraction of sp³-hybridized carbons (Fsp3) is 0.917. The average molecular weight is 223 g/mol. The molecule has 1 amide bonds. The van der Waals surface area contributed by atoms with Gasteiger partial charge in [-0.2, -0.15) is 0 Å². The minimum Gasteiger partial charge on any atom is -0.328 e. The van der Waals surface area contributed by atoms with E-state index in [0.717, 1.165) is 39.0 Å². The topological polar surface area (TPSA) is 35.6 Å². The lowest BCUT2D eigenvalue weighted by Crippen LogP contribution is -2.34. The zero-order chi connectivity index (χ0) is 11.0. The third-order valence-corrected chi connectivity index (χ3v) is 4.16. The average Bonchev–Trinajstić information content (AvgIpc) is 2.78. The van der Waals surface area contributed by atoms with Crippen molar-refractivity contribution in [3.8, 4) is 0 Å². The first kappa shape index (κ1) is 10.5. The van der Waals surface area contributed by atoms with E-state index in [4.69, 9.17) is 0 Å². The predicted octanol–water partition coefficient (Wildman–Crippen LogP) is 0.394. The molecule has 2 saturated heterocycles. The van der Waals surface area contributed by atoms with Crippen molar-refractivity contribution in [1.29, 1.82) is 0 Å². The van der Waals surface area contributed by atoms with Crippen LogP contribution in [0.5, 0.6) is 0 Å². The first-order chi connectivity index (χ1) is 7.80. The maximum atomic E-state index is 12.0. The molecular formula is C12H21N3O. The Bertz CT molecular complexity index is 282. The molecule has 16 heavy (non-hydrogen) atoms. The van der Waals surface area contributed by atoms with Crippen LogP contribution >= 0.6 is 0 Å². The molecule has 0 radical (unpaired) electrons. The Hall–Kier alpha value is -0.610. The molecule has 2 heterocycles. The molecule has 0 aromatic heterocycles. The highest BCUT2D eigenvalue weighted by Gasteiger charge is 2.55. The van der Waals surface area contributed by atoms with Gasteiger partial charge in [0.25, 0.3) is 0 Å². The van der Waals surface area contributed by atoms with Crippen LogP contribution in [0.4, 0.5) is 0 Å².